The van der Waals surface area contributed by atoms with E-state index in [0.29, 0.717) is 66.9 Å². The summed E-state index contributed by atoms with van der Waals surface area (Å²) in [5.74, 6) is 0. The molecule has 2 aromatic heterocycles. The second-order valence-electron chi connectivity index (χ2n) is 10.3. The Hall–Kier alpha value is -3.42. The molecule has 3 aliphatic rings. The standard InChI is InChI=1S/C24H27F2N9O3S2/c1-32-19-16(18(30-32)21-28-29-22(39-21)20(25)26)12-15(40(37,38)31-24(14-27)4-5-24)13-17(19)33-8-10-35(11-9-33)23(36)34-6-2-3-7-34/h12-13,20,31H,2-11H2,1H3. The molecule has 2 amide bonds. The second-order valence-corrected chi connectivity index (χ2v) is 13.0. The number of likely N-dealkylation sites (tertiary alicyclic amines) is 1. The van der Waals surface area contributed by atoms with Gasteiger partial charge in [-0.1, -0.05) is 11.3 Å². The van der Waals surface area contributed by atoms with Crippen LogP contribution in [0.15, 0.2) is 17.0 Å². The van der Waals surface area contributed by atoms with Gasteiger partial charge in [0.15, 0.2) is 10.0 Å². The van der Waals surface area contributed by atoms with Crippen LogP contribution in [0.3, 0.4) is 0 Å². The Morgan fingerprint density at radius 2 is 1.77 bits per heavy atom. The van der Waals surface area contributed by atoms with Crippen molar-refractivity contribution in [2.24, 2.45) is 7.05 Å². The van der Waals surface area contributed by atoms with Crippen molar-refractivity contribution in [3.8, 4) is 16.8 Å². The molecule has 3 aromatic rings. The molecule has 2 aliphatic heterocycles. The maximum absolute atomic E-state index is 13.5. The fraction of sp³-hybridized carbons (Fsp3) is 0.542. The van der Waals surface area contributed by atoms with Crippen molar-refractivity contribution in [2.45, 2.75) is 42.5 Å². The van der Waals surface area contributed by atoms with E-state index >= 15 is 0 Å². The molecule has 0 spiro atoms. The Bertz CT molecular complexity index is 1610. The number of piperazine rings is 1. The summed E-state index contributed by atoms with van der Waals surface area (Å²) in [7, 11) is -2.42. The summed E-state index contributed by atoms with van der Waals surface area (Å²) >= 11 is 0.698. The van der Waals surface area contributed by atoms with Crippen molar-refractivity contribution < 1.29 is 22.0 Å². The summed E-state index contributed by atoms with van der Waals surface area (Å²) in [5.41, 5.74) is 0.291. The smallest absolute Gasteiger partial charge is 0.320 e. The summed E-state index contributed by atoms with van der Waals surface area (Å²) in [5, 5.41) is 21.6. The van der Waals surface area contributed by atoms with Gasteiger partial charge in [0.1, 0.15) is 11.2 Å². The largest absolute Gasteiger partial charge is 0.366 e. The number of sulfonamides is 1. The molecule has 0 radical (unpaired) electrons. The highest BCUT2D eigenvalue weighted by Crippen LogP contribution is 2.40. The van der Waals surface area contributed by atoms with Crippen LogP contribution in [0, 0.1) is 11.3 Å². The average Bonchev–Trinajstić information content (AvgIpc) is 3.33. The summed E-state index contributed by atoms with van der Waals surface area (Å²) < 4.78 is 57.6. The zero-order valence-electron chi connectivity index (χ0n) is 21.7. The molecule has 212 valence electrons. The van der Waals surface area contributed by atoms with Crippen LogP contribution in [-0.4, -0.2) is 89.0 Å². The van der Waals surface area contributed by atoms with Crippen molar-refractivity contribution in [2.75, 3.05) is 44.2 Å². The minimum atomic E-state index is -4.11. The fourth-order valence-electron chi connectivity index (χ4n) is 5.27. The third kappa shape index (κ3) is 4.75. The van der Waals surface area contributed by atoms with Gasteiger partial charge in [0, 0.05) is 51.7 Å². The van der Waals surface area contributed by atoms with E-state index in [1.54, 1.807) is 17.8 Å². The molecule has 0 bridgehead atoms. The number of alkyl halides is 2. The van der Waals surface area contributed by atoms with Crippen LogP contribution in [0.5, 0.6) is 0 Å². The Labute approximate surface area is 233 Å². The highest BCUT2D eigenvalue weighted by molar-refractivity contribution is 7.89. The lowest BCUT2D eigenvalue weighted by Crippen LogP contribution is -2.52. The van der Waals surface area contributed by atoms with Crippen molar-refractivity contribution in [1.82, 2.24) is 34.5 Å². The van der Waals surface area contributed by atoms with Gasteiger partial charge in [-0.15, -0.1) is 10.2 Å². The molecular formula is C24H27F2N9O3S2. The first-order valence-corrected chi connectivity index (χ1v) is 15.3. The van der Waals surface area contributed by atoms with E-state index in [9.17, 15) is 27.3 Å². The number of fused-ring (bicyclic) bond motifs is 1. The molecule has 12 nitrogen and oxygen atoms in total. The summed E-state index contributed by atoms with van der Waals surface area (Å²) in [6, 6.07) is 5.04. The zero-order chi connectivity index (χ0) is 28.2. The van der Waals surface area contributed by atoms with E-state index in [2.05, 4.69) is 20.0 Å². The van der Waals surface area contributed by atoms with Gasteiger partial charge in [0.2, 0.25) is 10.0 Å². The number of nitrogens with one attached hydrogen (secondary N) is 1. The predicted molar refractivity (Wildman–Crippen MR) is 142 cm³/mol. The number of benzene rings is 1. The fourth-order valence-corrected chi connectivity index (χ4v) is 7.39. The molecule has 0 atom stereocenters. The van der Waals surface area contributed by atoms with Crippen LogP contribution in [0.1, 0.15) is 37.1 Å². The number of carbonyl (C=O) groups is 1. The van der Waals surface area contributed by atoms with Crippen molar-refractivity contribution in [3.05, 3.63) is 17.1 Å². The lowest BCUT2D eigenvalue weighted by molar-refractivity contribution is 0.150. The molecule has 4 heterocycles. The number of nitrogens with zero attached hydrogens (tertiary/aromatic N) is 8. The summed E-state index contributed by atoms with van der Waals surface area (Å²) in [4.78, 5) is 18.5. The van der Waals surface area contributed by atoms with E-state index in [1.165, 1.54) is 6.07 Å². The maximum Gasteiger partial charge on any atom is 0.320 e. The van der Waals surface area contributed by atoms with Crippen molar-refractivity contribution in [1.29, 1.82) is 5.26 Å². The number of carbonyl (C=O) groups excluding carboxylic acids is 1. The summed E-state index contributed by atoms with van der Waals surface area (Å²) in [6.45, 7) is 3.36. The van der Waals surface area contributed by atoms with Crippen molar-refractivity contribution in [3.63, 3.8) is 0 Å². The Morgan fingerprint density at radius 3 is 2.38 bits per heavy atom. The number of anilines is 1. The highest BCUT2D eigenvalue weighted by atomic mass is 32.2. The van der Waals surface area contributed by atoms with Gasteiger partial charge in [-0.2, -0.15) is 15.1 Å². The molecule has 0 unspecified atom stereocenters. The molecule has 6 rings (SSSR count). The van der Waals surface area contributed by atoms with Gasteiger partial charge in [-0.25, -0.2) is 22.0 Å². The molecule has 3 fully saturated rings. The van der Waals surface area contributed by atoms with Gasteiger partial charge in [-0.3, -0.25) is 4.68 Å². The molecular weight excluding hydrogens is 564 g/mol. The molecule has 2 saturated heterocycles. The molecule has 16 heteroatoms. The summed E-state index contributed by atoms with van der Waals surface area (Å²) in [6.07, 6.45) is 0.0520. The number of aryl methyl sites for hydroxylation is 1. The van der Waals surface area contributed by atoms with Crippen LogP contribution < -0.4 is 9.62 Å². The molecule has 1 saturated carbocycles. The quantitative estimate of drug-likeness (QED) is 0.462. The van der Waals surface area contributed by atoms with Crippen LogP contribution in [0.25, 0.3) is 21.6 Å². The van der Waals surface area contributed by atoms with Gasteiger partial charge in [-0.05, 0) is 37.8 Å². The molecule has 1 aliphatic carbocycles. The lowest BCUT2D eigenvalue weighted by atomic mass is 10.1. The topological polar surface area (TPSA) is 140 Å². The molecule has 1 aromatic carbocycles. The van der Waals surface area contributed by atoms with Gasteiger partial charge in [0.05, 0.1) is 22.2 Å². The average molecular weight is 592 g/mol. The third-order valence-corrected chi connectivity index (χ3v) is 10.0. The van der Waals surface area contributed by atoms with Crippen LogP contribution >= 0.6 is 11.3 Å². The second kappa shape index (κ2) is 9.89. The molecule has 40 heavy (non-hydrogen) atoms. The van der Waals surface area contributed by atoms with Crippen LogP contribution in [0.2, 0.25) is 0 Å². The SMILES string of the molecule is Cn1nc(-c2nnc(C(F)F)s2)c2cc(S(=O)(=O)NC3(C#N)CC3)cc(N3CCN(C(=O)N4CCCC4)CC3)c21. The first-order chi connectivity index (χ1) is 19.1. The highest BCUT2D eigenvalue weighted by Gasteiger charge is 2.47. The van der Waals surface area contributed by atoms with E-state index < -0.39 is 27.0 Å². The number of halogens is 2. The minimum absolute atomic E-state index is 0.0167. The van der Waals surface area contributed by atoms with Crippen molar-refractivity contribution >= 4 is 44.0 Å². The monoisotopic (exact) mass is 591 g/mol. The number of rotatable bonds is 6. The predicted octanol–water partition coefficient (Wildman–Crippen LogP) is 2.70. The normalized spacial score (nSPS) is 19.0. The van der Waals surface area contributed by atoms with E-state index in [4.69, 9.17) is 0 Å². The Morgan fingerprint density at radius 1 is 1.10 bits per heavy atom. The van der Waals surface area contributed by atoms with E-state index in [0.717, 1.165) is 25.9 Å². The number of amides is 2. The first-order valence-electron chi connectivity index (χ1n) is 13.0. The number of hydrogen-bond donors (Lipinski definition) is 1. The first kappa shape index (κ1) is 26.8. The number of urea groups is 1. The third-order valence-electron chi connectivity index (χ3n) is 7.59. The lowest BCUT2D eigenvalue weighted by Gasteiger charge is -2.38. The Balaban J connectivity index is 1.40. The van der Waals surface area contributed by atoms with E-state index in [-0.39, 0.29) is 21.6 Å². The number of hydrogen-bond acceptors (Lipinski definition) is 9. The van der Waals surface area contributed by atoms with Crippen LogP contribution in [-0.2, 0) is 17.1 Å². The van der Waals surface area contributed by atoms with Gasteiger partial charge >= 0.3 is 6.03 Å². The van der Waals surface area contributed by atoms with Gasteiger partial charge < -0.3 is 14.7 Å². The molecule has 1 N–H and O–H groups in total. The maximum atomic E-state index is 13.5. The Kier molecular flexibility index (Phi) is 6.62. The minimum Gasteiger partial charge on any atom is -0.366 e. The van der Waals surface area contributed by atoms with E-state index in [1.807, 2.05) is 20.8 Å². The number of aromatic nitrogens is 4. The van der Waals surface area contributed by atoms with Gasteiger partial charge in [0.25, 0.3) is 6.43 Å². The van der Waals surface area contributed by atoms with Crippen LogP contribution in [0.4, 0.5) is 19.3 Å². The number of nitriles is 1. The zero-order valence-corrected chi connectivity index (χ0v) is 23.3.